The summed E-state index contributed by atoms with van der Waals surface area (Å²) in [6, 6.07) is 29.1. The highest BCUT2D eigenvalue weighted by Gasteiger charge is 2.33. The van der Waals surface area contributed by atoms with E-state index in [1.54, 1.807) is 68.4 Å². The van der Waals surface area contributed by atoms with Crippen LogP contribution in [0, 0.1) is 0 Å². The molecule has 40 heteroatoms. The Labute approximate surface area is 686 Å². The quantitative estimate of drug-likeness (QED) is 0.0852. The van der Waals surface area contributed by atoms with Crippen LogP contribution in [0.3, 0.4) is 0 Å². The number of allylic oxidation sites excluding steroid dienone is 2. The maximum atomic E-state index is 13.3. The highest BCUT2D eigenvalue weighted by molar-refractivity contribution is 7.94. The number of alkyl halides is 2. The second-order valence-electron chi connectivity index (χ2n) is 28.8. The van der Waals surface area contributed by atoms with Crippen LogP contribution in [0.25, 0.3) is 119 Å². The molecule has 5 unspecified atom stereocenters. The normalized spacial score (nSPS) is 20.0. The molecule has 0 bridgehead atoms. The van der Waals surface area contributed by atoms with Gasteiger partial charge in [0, 0.05) is 121 Å². The highest BCUT2D eigenvalue weighted by Crippen LogP contribution is 2.39. The number of nitrogens with one attached hydrogen (secondary N) is 5. The Morgan fingerprint density at radius 2 is 0.849 bits per heavy atom. The van der Waals surface area contributed by atoms with Crippen LogP contribution in [0.1, 0.15) is 69.6 Å². The zero-order valence-corrected chi connectivity index (χ0v) is 67.7. The highest BCUT2D eigenvalue weighted by atomic mass is 32.2. The van der Waals surface area contributed by atoms with E-state index in [1.165, 1.54) is 54.7 Å². The van der Waals surface area contributed by atoms with Crippen molar-refractivity contribution >= 4 is 187 Å². The van der Waals surface area contributed by atoms with Gasteiger partial charge in [0.1, 0.15) is 5.60 Å². The van der Waals surface area contributed by atoms with Crippen LogP contribution in [0.2, 0.25) is 0 Å². The first-order valence-corrected chi connectivity index (χ1v) is 42.5. The van der Waals surface area contributed by atoms with E-state index in [0.717, 1.165) is 112 Å². The van der Waals surface area contributed by atoms with E-state index in [2.05, 4.69) is 71.4 Å². The molecule has 33 nitrogen and oxygen atoms in total. The summed E-state index contributed by atoms with van der Waals surface area (Å²) in [5.41, 5.74) is 13.4. The second kappa shape index (κ2) is 32.8. The standard InChI is InChI=1S/C20H22N4O4S.C16H13F2N3O2S.C15H13N3O3S.2C14H11N5O2S/c1-20(2,3)28-19(26)23-8-6-13(7-9-23)14-4-5-15-12-21-24(16(15)10-14)18-11-17(25)22-29(18)27;17-16(18)5-3-10(4-6-16)11-1-2-12-9-19-21(13(12)7-11)15-8-14(22)20-24(15)23;19-14-8-15(22(20)17-14)18-13-7-11(1-2-12(13)9-16-18)10-3-5-21-6-4-10;1-18-8-11(7-15-18)9-2-3-10-6-16-19(12(10)4-9)14-5-13(20)17-22(14)21;1-18-8-9(6-15-18)10-3-2-4-12-11(10)7-16-19(12)14-5-13(20)17-22(14)21/h4-6,10-12H,7-9H2,1-3H3,(H,22,25);1-3,7-9H,4-6H2,(H,20,22);1-3,7-9H,4-6H2,(H,17,19);2*2-8H,1H3,(H,17,20). The van der Waals surface area contributed by atoms with Crippen LogP contribution < -0.4 is 23.6 Å². The van der Waals surface area contributed by atoms with Gasteiger partial charge in [-0.1, -0.05) is 78.9 Å². The van der Waals surface area contributed by atoms with Crippen LogP contribution in [0.4, 0.5) is 13.6 Å². The Morgan fingerprint density at radius 1 is 0.454 bits per heavy atom. The third kappa shape index (κ3) is 17.1. The number of carbonyl (C=O) groups excluding carboxylic acids is 6. The minimum absolute atomic E-state index is 0.163. The van der Waals surface area contributed by atoms with E-state index in [0.29, 0.717) is 58.2 Å². The fraction of sp³-hybridized carbons (Fsp3) is 0.203. The molecular weight excluding hydrogens is 1640 g/mol. The smallest absolute Gasteiger partial charge is 0.410 e. The van der Waals surface area contributed by atoms with Crippen LogP contribution in [-0.2, 0) is 102 Å². The molecule has 0 spiro atoms. The number of aromatic nitrogens is 14. The van der Waals surface area contributed by atoms with Gasteiger partial charge in [0.15, 0.2) is 80.1 Å². The number of rotatable bonds is 10. The molecule has 7 aliphatic heterocycles. The summed E-state index contributed by atoms with van der Waals surface area (Å²) in [6.07, 6.45) is 29.1. The van der Waals surface area contributed by atoms with Crippen LogP contribution in [0.15, 0.2) is 195 Å². The maximum absolute atomic E-state index is 13.3. The largest absolute Gasteiger partial charge is 0.444 e. The zero-order chi connectivity index (χ0) is 83.3. The van der Waals surface area contributed by atoms with Crippen molar-refractivity contribution in [1.29, 1.82) is 0 Å². The summed E-state index contributed by atoms with van der Waals surface area (Å²) < 4.78 is 120. The third-order valence-corrected chi connectivity index (χ3v) is 24.8. The Hall–Kier alpha value is -13.0. The molecule has 119 heavy (non-hydrogen) atoms. The molecule has 0 radical (unpaired) electrons. The summed E-state index contributed by atoms with van der Waals surface area (Å²) in [6.45, 7) is 7.96. The van der Waals surface area contributed by atoms with Crippen LogP contribution in [0.5, 0.6) is 0 Å². The van der Waals surface area contributed by atoms with Crippen LogP contribution >= 0.6 is 0 Å². The van der Waals surface area contributed by atoms with Crippen molar-refractivity contribution in [3.05, 3.63) is 212 Å². The monoisotopic (exact) mass is 1700 g/mol. The van der Waals surface area contributed by atoms with Crippen molar-refractivity contribution in [2.75, 3.05) is 26.3 Å². The summed E-state index contributed by atoms with van der Waals surface area (Å²) in [5, 5.41) is 35.7. The molecule has 5 N–H and O–H groups in total. The number of benzene rings is 5. The Morgan fingerprint density at radius 3 is 1.21 bits per heavy atom. The number of hydrogen-bond donors (Lipinski definition) is 5. The SMILES string of the molecule is CC(C)(C)OC(=O)N1CC=C(c2ccc3cnn(C4=CC(=O)NS4=O)c3c2)CC1.Cn1cc(-c2ccc3cnn(C4=CC(=O)NS4=O)c3c2)cn1.Cn1cc(-c2cccc3c2cnn3C2=CC(=O)NS2=O)cn1.O=C1C=C(n2ncc3ccc(C4=CCC(F)(F)CC4)cc32)S(=O)N1.O=C1C=C(n2ncc3ccc(C4=CCOCC4)cc32)S(=O)N1. The molecule has 0 saturated carbocycles. The molecule has 8 aliphatic rings. The van der Waals surface area contributed by atoms with E-state index >= 15 is 0 Å². The van der Waals surface area contributed by atoms with Gasteiger partial charge in [0.05, 0.1) is 84.2 Å². The van der Waals surface area contributed by atoms with E-state index in [9.17, 15) is 58.6 Å². The second-order valence-corrected chi connectivity index (χ2v) is 34.6. The third-order valence-electron chi connectivity index (χ3n) is 19.5. The first kappa shape index (κ1) is 79.8. The molecule has 5 aromatic carbocycles. The number of aryl methyl sites for hydroxylation is 2. The molecule has 6 amide bonds. The zero-order valence-electron chi connectivity index (χ0n) is 63.7. The van der Waals surface area contributed by atoms with Crippen molar-refractivity contribution in [3.8, 4) is 22.3 Å². The Bertz CT molecular complexity index is 6630. The number of hydrogen-bond acceptors (Lipinski definition) is 20. The average Bonchev–Trinajstić information content (AvgIpc) is 1.71. The van der Waals surface area contributed by atoms with E-state index < -0.39 is 78.3 Å². The number of nitrogens with zero attached hydrogens (tertiary/aromatic N) is 15. The van der Waals surface area contributed by atoms with E-state index in [-0.39, 0.29) is 41.7 Å². The van der Waals surface area contributed by atoms with Gasteiger partial charge in [-0.25, -0.2) is 58.0 Å². The summed E-state index contributed by atoms with van der Waals surface area (Å²) in [4.78, 5) is 70.9. The number of halogens is 2. The van der Waals surface area contributed by atoms with E-state index in [4.69, 9.17) is 9.47 Å². The van der Waals surface area contributed by atoms with Gasteiger partial charge in [-0.3, -0.25) is 56.9 Å². The predicted octanol–water partition coefficient (Wildman–Crippen LogP) is 8.97. The molecule has 14 heterocycles. The molecule has 0 saturated heterocycles. The van der Waals surface area contributed by atoms with Crippen molar-refractivity contribution < 1.29 is 68.1 Å². The lowest BCUT2D eigenvalue weighted by Gasteiger charge is -2.29. The van der Waals surface area contributed by atoms with E-state index in [1.807, 2.05) is 138 Å². The number of carbonyl (C=O) groups is 6. The molecule has 7 aromatic heterocycles. The number of amides is 6. The molecule has 1 aliphatic carbocycles. The number of ether oxygens (including phenoxy) is 2. The van der Waals surface area contributed by atoms with Gasteiger partial charge in [-0.2, -0.15) is 35.7 Å². The van der Waals surface area contributed by atoms with Gasteiger partial charge in [0.2, 0.25) is 0 Å². The fourth-order valence-corrected chi connectivity index (χ4v) is 18.1. The average molecular weight is 1710 g/mol. The molecule has 608 valence electrons. The Kier molecular flexibility index (Phi) is 22.0. The lowest BCUT2D eigenvalue weighted by molar-refractivity contribution is -0.115. The molecule has 20 rings (SSSR count). The predicted molar refractivity (Wildman–Crippen MR) is 446 cm³/mol. The van der Waals surface area contributed by atoms with Crippen molar-refractivity contribution in [2.24, 2.45) is 14.1 Å². The first-order chi connectivity index (χ1) is 57.1. The summed E-state index contributed by atoms with van der Waals surface area (Å²) >= 11 is 0. The maximum Gasteiger partial charge on any atom is 0.410 e. The van der Waals surface area contributed by atoms with Gasteiger partial charge < -0.3 is 14.4 Å². The minimum atomic E-state index is -2.63. The molecule has 12 aromatic rings. The molecular formula is C79H70F2N20O13S5. The summed E-state index contributed by atoms with van der Waals surface area (Å²) in [5.74, 6) is -4.57. The summed E-state index contributed by atoms with van der Waals surface area (Å²) in [7, 11) is -4.27. The van der Waals surface area contributed by atoms with Gasteiger partial charge in [-0.15, -0.1) is 0 Å². The van der Waals surface area contributed by atoms with Gasteiger partial charge in [0.25, 0.3) is 35.5 Å². The van der Waals surface area contributed by atoms with Crippen molar-refractivity contribution in [2.45, 2.75) is 64.4 Å². The molecule has 5 atom stereocenters. The van der Waals surface area contributed by atoms with Gasteiger partial charge >= 0.3 is 6.09 Å². The topological polar surface area (TPSA) is 394 Å². The Balaban J connectivity index is 0.000000111. The lowest BCUT2D eigenvalue weighted by atomic mass is 9.91. The fourth-order valence-electron chi connectivity index (χ4n) is 13.8. The minimum Gasteiger partial charge on any atom is -0.444 e. The lowest BCUT2D eigenvalue weighted by Crippen LogP contribution is -2.39. The van der Waals surface area contributed by atoms with Crippen LogP contribution in [-0.4, -0.2) is 168 Å². The van der Waals surface area contributed by atoms with Crippen molar-refractivity contribution in [3.63, 3.8) is 0 Å². The van der Waals surface area contributed by atoms with Gasteiger partial charge in [-0.05, 0) is 115 Å². The number of fused-ring (bicyclic) bond motifs is 5. The molecule has 0 fully saturated rings. The van der Waals surface area contributed by atoms with Crippen molar-refractivity contribution in [1.82, 2.24) is 97.0 Å². The first-order valence-electron chi connectivity index (χ1n) is 36.7.